The van der Waals surface area contributed by atoms with Gasteiger partial charge in [0.15, 0.2) is 0 Å². The molecule has 0 aliphatic rings. The van der Waals surface area contributed by atoms with E-state index in [1.165, 1.54) is 12.3 Å². The molecule has 0 unspecified atom stereocenters. The number of carboxylic acid groups (broad SMARTS) is 1. The maximum absolute atomic E-state index is 10.4. The van der Waals surface area contributed by atoms with Crippen LogP contribution in [0.25, 0.3) is 11.5 Å². The monoisotopic (exact) mass is 305 g/mol. The molecular weight excluding hydrogens is 301 g/mol. The van der Waals surface area contributed by atoms with Crippen molar-refractivity contribution in [1.82, 2.24) is 15.1 Å². The van der Waals surface area contributed by atoms with Crippen LogP contribution in [0.2, 0.25) is 10.0 Å². The lowest BCUT2D eigenvalue weighted by Gasteiger charge is -1.97. The average molecular weight is 306 g/mol. The van der Waals surface area contributed by atoms with E-state index in [2.05, 4.69) is 15.1 Å². The summed E-state index contributed by atoms with van der Waals surface area (Å²) in [5.74, 6) is -0.949. The summed E-state index contributed by atoms with van der Waals surface area (Å²) in [5, 5.41) is 13.0. The Kier molecular flexibility index (Phi) is 4.05. The van der Waals surface area contributed by atoms with E-state index in [1.807, 2.05) is 0 Å². The Hall–Kier alpha value is -1.31. The summed E-state index contributed by atoms with van der Waals surface area (Å²) in [4.78, 5) is 18.3. The molecule has 0 saturated carbocycles. The lowest BCUT2D eigenvalue weighted by Crippen LogP contribution is -1.97. The van der Waals surface area contributed by atoms with E-state index in [0.29, 0.717) is 10.7 Å². The highest BCUT2D eigenvalue weighted by Crippen LogP contribution is 2.27. The van der Waals surface area contributed by atoms with Crippen molar-refractivity contribution in [3.8, 4) is 11.5 Å². The molecule has 18 heavy (non-hydrogen) atoms. The number of hydrogen-bond acceptors (Lipinski definition) is 6. The van der Waals surface area contributed by atoms with Gasteiger partial charge in [0, 0.05) is 6.20 Å². The smallest absolute Gasteiger partial charge is 0.314 e. The van der Waals surface area contributed by atoms with Crippen molar-refractivity contribution >= 4 is 40.9 Å². The van der Waals surface area contributed by atoms with Gasteiger partial charge in [-0.15, -0.1) is 0 Å². The molecule has 0 radical (unpaired) electrons. The molecule has 9 heteroatoms. The van der Waals surface area contributed by atoms with Crippen molar-refractivity contribution in [3.05, 3.63) is 22.3 Å². The Balaban J connectivity index is 2.21. The van der Waals surface area contributed by atoms with Crippen LogP contribution in [-0.4, -0.2) is 32.0 Å². The van der Waals surface area contributed by atoms with Crippen molar-refractivity contribution in [3.63, 3.8) is 0 Å². The molecule has 94 valence electrons. The zero-order chi connectivity index (χ0) is 13.1. The molecular formula is C9H5Cl2N3O3S. The second kappa shape index (κ2) is 5.55. The number of aromatic nitrogens is 3. The topological polar surface area (TPSA) is 89.1 Å². The third-order valence-electron chi connectivity index (χ3n) is 1.75. The van der Waals surface area contributed by atoms with Crippen LogP contribution >= 0.6 is 35.0 Å². The first-order valence-corrected chi connectivity index (χ1v) is 6.30. The van der Waals surface area contributed by atoms with E-state index in [4.69, 9.17) is 32.8 Å². The number of rotatable bonds is 4. The minimum Gasteiger partial charge on any atom is -0.481 e. The molecule has 2 rings (SSSR count). The molecule has 1 N–H and O–H groups in total. The van der Waals surface area contributed by atoms with Gasteiger partial charge in [0.05, 0.1) is 10.0 Å². The minimum atomic E-state index is -0.970. The van der Waals surface area contributed by atoms with Gasteiger partial charge in [-0.2, -0.15) is 4.98 Å². The van der Waals surface area contributed by atoms with Crippen molar-refractivity contribution in [2.45, 2.75) is 5.22 Å². The standard InChI is InChI=1S/C9H5Cl2N3O3S/c10-4-1-5(11)7(12-2-4)8-13-9(17-14-8)18-3-6(15)16/h1-2H,3H2,(H,15,16). The molecule has 0 amide bonds. The highest BCUT2D eigenvalue weighted by molar-refractivity contribution is 7.99. The molecule has 0 fully saturated rings. The van der Waals surface area contributed by atoms with Gasteiger partial charge >= 0.3 is 5.97 Å². The number of halogens is 2. The van der Waals surface area contributed by atoms with E-state index in [1.54, 1.807) is 0 Å². The number of hydrogen-bond donors (Lipinski definition) is 1. The van der Waals surface area contributed by atoms with Gasteiger partial charge in [0.25, 0.3) is 5.22 Å². The lowest BCUT2D eigenvalue weighted by molar-refractivity contribution is -0.133. The molecule has 0 aliphatic heterocycles. The Morgan fingerprint density at radius 1 is 1.50 bits per heavy atom. The minimum absolute atomic E-state index is 0.139. The van der Waals surface area contributed by atoms with Crippen LogP contribution < -0.4 is 0 Å². The summed E-state index contributed by atoms with van der Waals surface area (Å²) in [6, 6.07) is 1.51. The third-order valence-corrected chi connectivity index (χ3v) is 3.05. The molecule has 0 aromatic carbocycles. The van der Waals surface area contributed by atoms with Crippen molar-refractivity contribution in [1.29, 1.82) is 0 Å². The summed E-state index contributed by atoms with van der Waals surface area (Å²) in [6.07, 6.45) is 1.41. The lowest BCUT2D eigenvalue weighted by atomic mass is 10.3. The second-order valence-corrected chi connectivity index (χ2v) is 4.82. The first-order chi connectivity index (χ1) is 8.56. The van der Waals surface area contributed by atoms with Gasteiger partial charge in [0.2, 0.25) is 5.82 Å². The Bertz CT molecular complexity index is 590. The highest BCUT2D eigenvalue weighted by Gasteiger charge is 2.14. The Labute approximate surface area is 115 Å². The summed E-state index contributed by atoms with van der Waals surface area (Å²) in [6.45, 7) is 0. The number of aliphatic carboxylic acids is 1. The van der Waals surface area contributed by atoms with Gasteiger partial charge in [-0.1, -0.05) is 40.1 Å². The van der Waals surface area contributed by atoms with Gasteiger partial charge in [-0.05, 0) is 6.07 Å². The van der Waals surface area contributed by atoms with E-state index in [0.717, 1.165) is 11.8 Å². The first-order valence-electron chi connectivity index (χ1n) is 4.56. The largest absolute Gasteiger partial charge is 0.481 e. The molecule has 2 heterocycles. The van der Waals surface area contributed by atoms with Crippen LogP contribution in [0.15, 0.2) is 22.0 Å². The van der Waals surface area contributed by atoms with Gasteiger partial charge < -0.3 is 9.63 Å². The van der Waals surface area contributed by atoms with E-state index < -0.39 is 5.97 Å². The Morgan fingerprint density at radius 3 is 2.94 bits per heavy atom. The zero-order valence-corrected chi connectivity index (χ0v) is 11.0. The van der Waals surface area contributed by atoms with Crippen LogP contribution in [0.4, 0.5) is 0 Å². The first kappa shape index (κ1) is 13.1. The summed E-state index contributed by atoms with van der Waals surface area (Å²) < 4.78 is 4.86. The van der Waals surface area contributed by atoms with Crippen molar-refractivity contribution in [2.24, 2.45) is 0 Å². The van der Waals surface area contributed by atoms with Crippen molar-refractivity contribution in [2.75, 3.05) is 5.75 Å². The van der Waals surface area contributed by atoms with Crippen LogP contribution in [-0.2, 0) is 4.79 Å². The van der Waals surface area contributed by atoms with Gasteiger partial charge in [0.1, 0.15) is 11.4 Å². The number of carboxylic acids is 1. The van der Waals surface area contributed by atoms with Crippen LogP contribution in [0, 0.1) is 0 Å². The number of nitrogens with zero attached hydrogens (tertiary/aromatic N) is 3. The quantitative estimate of drug-likeness (QED) is 0.868. The molecule has 2 aromatic heterocycles. The molecule has 2 aromatic rings. The van der Waals surface area contributed by atoms with Crippen LogP contribution in [0.5, 0.6) is 0 Å². The van der Waals surface area contributed by atoms with Crippen LogP contribution in [0.3, 0.4) is 0 Å². The maximum atomic E-state index is 10.4. The zero-order valence-electron chi connectivity index (χ0n) is 8.63. The fraction of sp³-hybridized carbons (Fsp3) is 0.111. The average Bonchev–Trinajstić information content (AvgIpc) is 2.75. The third kappa shape index (κ3) is 3.12. The summed E-state index contributed by atoms with van der Waals surface area (Å²) in [5.41, 5.74) is 0.326. The van der Waals surface area contributed by atoms with E-state index in [9.17, 15) is 4.79 Å². The van der Waals surface area contributed by atoms with E-state index >= 15 is 0 Å². The van der Waals surface area contributed by atoms with Crippen molar-refractivity contribution < 1.29 is 14.4 Å². The molecule has 6 nitrogen and oxygen atoms in total. The number of carbonyl (C=O) groups is 1. The highest BCUT2D eigenvalue weighted by atomic mass is 35.5. The molecule has 0 bridgehead atoms. The SMILES string of the molecule is O=C(O)CSc1nc(-c2ncc(Cl)cc2Cl)no1. The Morgan fingerprint density at radius 2 is 2.28 bits per heavy atom. The summed E-state index contributed by atoms with van der Waals surface area (Å²) in [7, 11) is 0. The number of pyridine rings is 1. The van der Waals surface area contributed by atoms with E-state index in [-0.39, 0.29) is 21.8 Å². The molecule has 0 atom stereocenters. The molecule has 0 saturated heterocycles. The predicted molar refractivity (Wildman–Crippen MR) is 65.9 cm³/mol. The second-order valence-electron chi connectivity index (χ2n) is 3.05. The van der Waals surface area contributed by atoms with Crippen LogP contribution in [0.1, 0.15) is 0 Å². The maximum Gasteiger partial charge on any atom is 0.314 e. The normalized spacial score (nSPS) is 10.6. The summed E-state index contributed by atoms with van der Waals surface area (Å²) >= 11 is 12.6. The predicted octanol–water partition coefficient (Wildman–Crippen LogP) is 2.62. The number of thioether (sulfide) groups is 1. The molecule has 0 spiro atoms. The van der Waals surface area contributed by atoms with Gasteiger partial charge in [-0.3, -0.25) is 4.79 Å². The fourth-order valence-corrected chi connectivity index (χ4v) is 2.02. The molecule has 0 aliphatic carbocycles. The fourth-order valence-electron chi connectivity index (χ4n) is 1.07. The van der Waals surface area contributed by atoms with Gasteiger partial charge in [-0.25, -0.2) is 4.98 Å².